The molecule has 28 heavy (non-hydrogen) atoms. The van der Waals surface area contributed by atoms with Crippen molar-refractivity contribution in [2.24, 2.45) is 0 Å². The van der Waals surface area contributed by atoms with E-state index in [2.05, 4.69) is 75.8 Å². The van der Waals surface area contributed by atoms with Crippen molar-refractivity contribution in [1.82, 2.24) is 15.1 Å². The molecule has 1 fully saturated rings. The van der Waals surface area contributed by atoms with Gasteiger partial charge in [0.25, 0.3) is 0 Å². The summed E-state index contributed by atoms with van der Waals surface area (Å²) in [5.41, 5.74) is 2.63. The third-order valence-corrected chi connectivity index (χ3v) is 5.48. The van der Waals surface area contributed by atoms with Crippen molar-refractivity contribution < 1.29 is 9.53 Å². The van der Waals surface area contributed by atoms with Crippen molar-refractivity contribution in [2.75, 3.05) is 46.4 Å². The normalized spacial score (nSPS) is 16.8. The second-order valence-corrected chi connectivity index (χ2v) is 7.26. The van der Waals surface area contributed by atoms with Crippen molar-refractivity contribution in [2.45, 2.75) is 19.0 Å². The average Bonchev–Trinajstić information content (AvgIpc) is 2.75. The van der Waals surface area contributed by atoms with Crippen LogP contribution in [0.2, 0.25) is 0 Å². The molecule has 0 unspecified atom stereocenters. The first-order valence-corrected chi connectivity index (χ1v) is 10.1. The number of benzene rings is 2. The fourth-order valence-electron chi connectivity index (χ4n) is 3.86. The zero-order chi connectivity index (χ0) is 19.8. The minimum absolute atomic E-state index is 0.0770. The summed E-state index contributed by atoms with van der Waals surface area (Å²) in [5.74, 6) is 0.0770. The number of methoxy groups -OCH3 is 1. The van der Waals surface area contributed by atoms with Gasteiger partial charge in [0.05, 0.1) is 18.7 Å². The van der Waals surface area contributed by atoms with Crippen LogP contribution >= 0.6 is 0 Å². The van der Waals surface area contributed by atoms with Gasteiger partial charge >= 0.3 is 0 Å². The molecule has 0 aromatic heterocycles. The highest BCUT2D eigenvalue weighted by atomic mass is 16.5. The summed E-state index contributed by atoms with van der Waals surface area (Å²) in [5, 5.41) is 2.95. The molecule has 1 N–H and O–H groups in total. The van der Waals surface area contributed by atoms with E-state index < -0.39 is 0 Å². The molecule has 0 spiro atoms. The summed E-state index contributed by atoms with van der Waals surface area (Å²) in [4.78, 5) is 17.1. The molecular weight excluding hydrogens is 350 g/mol. The van der Waals surface area contributed by atoms with E-state index in [-0.39, 0.29) is 18.0 Å². The first kappa shape index (κ1) is 20.5. The molecule has 2 aromatic carbocycles. The molecule has 1 aliphatic rings. The van der Waals surface area contributed by atoms with Gasteiger partial charge in [0.2, 0.25) is 5.91 Å². The van der Waals surface area contributed by atoms with E-state index in [0.717, 1.165) is 26.2 Å². The maximum absolute atomic E-state index is 12.4. The zero-order valence-corrected chi connectivity index (χ0v) is 16.9. The molecule has 1 atom stereocenters. The highest BCUT2D eigenvalue weighted by Gasteiger charge is 2.29. The monoisotopic (exact) mass is 381 g/mol. The highest BCUT2D eigenvalue weighted by Crippen LogP contribution is 2.29. The zero-order valence-electron chi connectivity index (χ0n) is 16.9. The molecule has 1 heterocycles. The number of hydrogen-bond acceptors (Lipinski definition) is 4. The number of piperazine rings is 1. The second-order valence-electron chi connectivity index (χ2n) is 7.26. The second kappa shape index (κ2) is 10.4. The summed E-state index contributed by atoms with van der Waals surface area (Å²) in [6.07, 6.45) is 0. The number of carbonyl (C=O) groups excluding carboxylic acids is 1. The quantitative estimate of drug-likeness (QED) is 0.714. The lowest BCUT2D eigenvalue weighted by Crippen LogP contribution is -2.54. The Balaban J connectivity index is 1.65. The summed E-state index contributed by atoms with van der Waals surface area (Å²) in [6, 6.07) is 21.5. The molecule has 1 aliphatic heterocycles. The Bertz CT molecular complexity index is 676. The van der Waals surface area contributed by atoms with Gasteiger partial charge < -0.3 is 10.1 Å². The van der Waals surface area contributed by atoms with Crippen LogP contribution in [0.5, 0.6) is 0 Å². The van der Waals surface area contributed by atoms with Crippen molar-refractivity contribution in [3.63, 3.8) is 0 Å². The van der Waals surface area contributed by atoms with Crippen LogP contribution in [0.3, 0.4) is 0 Å². The lowest BCUT2D eigenvalue weighted by molar-refractivity contribution is -0.126. The number of amides is 1. The van der Waals surface area contributed by atoms with Gasteiger partial charge in [0.15, 0.2) is 0 Å². The van der Waals surface area contributed by atoms with Gasteiger partial charge in [0.1, 0.15) is 0 Å². The molecule has 1 amide bonds. The number of rotatable bonds is 8. The molecule has 150 valence electrons. The highest BCUT2D eigenvalue weighted by molar-refractivity contribution is 5.81. The molecule has 0 aliphatic carbocycles. The Kier molecular flexibility index (Phi) is 7.60. The number of carbonyl (C=O) groups is 1. The van der Waals surface area contributed by atoms with Crippen molar-refractivity contribution in [3.05, 3.63) is 71.8 Å². The van der Waals surface area contributed by atoms with Gasteiger partial charge in [0, 0.05) is 39.8 Å². The largest absolute Gasteiger partial charge is 0.383 e. The number of nitrogens with one attached hydrogen (secondary N) is 1. The van der Waals surface area contributed by atoms with Crippen LogP contribution in [0.1, 0.15) is 24.1 Å². The molecule has 0 bridgehead atoms. The molecule has 0 radical (unpaired) electrons. The minimum Gasteiger partial charge on any atom is -0.383 e. The summed E-state index contributed by atoms with van der Waals surface area (Å²) in [6.45, 7) is 6.73. The Labute approximate surface area is 168 Å². The predicted octanol–water partition coefficient (Wildman–Crippen LogP) is 2.54. The van der Waals surface area contributed by atoms with E-state index in [9.17, 15) is 4.79 Å². The molecule has 0 saturated carbocycles. The topological polar surface area (TPSA) is 44.8 Å². The molecular formula is C23H31N3O2. The molecule has 5 heteroatoms. The lowest BCUT2D eigenvalue weighted by Gasteiger charge is -2.41. The Morgan fingerprint density at radius 3 is 1.93 bits per heavy atom. The SMILES string of the molecule is COCCNC(=O)[C@@H](C)N1CCN(C(c2ccccc2)c2ccccc2)CC1. The standard InChI is InChI=1S/C23H31N3O2/c1-19(23(27)24-13-18-28-2)25-14-16-26(17-15-25)22(20-9-5-3-6-10-20)21-11-7-4-8-12-21/h3-12,19,22H,13-18H2,1-2H3,(H,24,27)/t19-/m1/s1. The first-order chi connectivity index (χ1) is 13.7. The van der Waals surface area contributed by atoms with Crippen LogP contribution in [0, 0.1) is 0 Å². The van der Waals surface area contributed by atoms with Crippen molar-refractivity contribution in [1.29, 1.82) is 0 Å². The predicted molar refractivity (Wildman–Crippen MR) is 112 cm³/mol. The fourth-order valence-corrected chi connectivity index (χ4v) is 3.86. The summed E-state index contributed by atoms with van der Waals surface area (Å²) < 4.78 is 5.01. The third-order valence-electron chi connectivity index (χ3n) is 5.48. The summed E-state index contributed by atoms with van der Waals surface area (Å²) >= 11 is 0. The van der Waals surface area contributed by atoms with Crippen molar-refractivity contribution >= 4 is 5.91 Å². The third kappa shape index (κ3) is 5.19. The van der Waals surface area contributed by atoms with Crippen LogP contribution in [-0.2, 0) is 9.53 Å². The molecule has 1 saturated heterocycles. The maximum atomic E-state index is 12.4. The molecule has 3 rings (SSSR count). The van der Waals surface area contributed by atoms with Gasteiger partial charge in [-0.2, -0.15) is 0 Å². The van der Waals surface area contributed by atoms with Crippen LogP contribution in [0.25, 0.3) is 0 Å². The van der Waals surface area contributed by atoms with Crippen LogP contribution in [-0.4, -0.2) is 68.2 Å². The van der Waals surface area contributed by atoms with Gasteiger partial charge in [-0.05, 0) is 18.1 Å². The maximum Gasteiger partial charge on any atom is 0.237 e. The number of ether oxygens (including phenoxy) is 1. The van der Waals surface area contributed by atoms with Gasteiger partial charge in [-0.25, -0.2) is 0 Å². The van der Waals surface area contributed by atoms with Crippen LogP contribution in [0.4, 0.5) is 0 Å². The van der Waals surface area contributed by atoms with Gasteiger partial charge in [-0.15, -0.1) is 0 Å². The van der Waals surface area contributed by atoms with E-state index in [1.807, 2.05) is 6.92 Å². The molecule has 2 aromatic rings. The van der Waals surface area contributed by atoms with E-state index in [4.69, 9.17) is 4.74 Å². The van der Waals surface area contributed by atoms with Gasteiger partial charge in [-0.1, -0.05) is 60.7 Å². The van der Waals surface area contributed by atoms with Crippen molar-refractivity contribution in [3.8, 4) is 0 Å². The Morgan fingerprint density at radius 2 is 1.43 bits per heavy atom. The summed E-state index contributed by atoms with van der Waals surface area (Å²) in [7, 11) is 1.64. The first-order valence-electron chi connectivity index (χ1n) is 10.1. The van der Waals surface area contributed by atoms with E-state index >= 15 is 0 Å². The van der Waals surface area contributed by atoms with Crippen LogP contribution < -0.4 is 5.32 Å². The average molecular weight is 382 g/mol. The lowest BCUT2D eigenvalue weighted by atomic mass is 9.96. The smallest absolute Gasteiger partial charge is 0.237 e. The van der Waals surface area contributed by atoms with Gasteiger partial charge in [-0.3, -0.25) is 14.6 Å². The Hall–Kier alpha value is -2.21. The van der Waals surface area contributed by atoms with E-state index in [1.165, 1.54) is 11.1 Å². The molecule has 5 nitrogen and oxygen atoms in total. The fraction of sp³-hybridized carbons (Fsp3) is 0.435. The van der Waals surface area contributed by atoms with E-state index in [0.29, 0.717) is 13.2 Å². The number of hydrogen-bond donors (Lipinski definition) is 1. The van der Waals surface area contributed by atoms with Crippen LogP contribution in [0.15, 0.2) is 60.7 Å². The number of nitrogens with zero attached hydrogens (tertiary/aromatic N) is 2. The minimum atomic E-state index is -0.120. The Morgan fingerprint density at radius 1 is 0.929 bits per heavy atom. The van der Waals surface area contributed by atoms with E-state index in [1.54, 1.807) is 7.11 Å².